The lowest BCUT2D eigenvalue weighted by Gasteiger charge is -2.10. The quantitative estimate of drug-likeness (QED) is 0.315. The number of benzene rings is 1. The van der Waals surface area contributed by atoms with E-state index in [1.165, 1.54) is 0 Å². The first-order valence-corrected chi connectivity index (χ1v) is 8.97. The van der Waals surface area contributed by atoms with Crippen molar-refractivity contribution in [3.63, 3.8) is 0 Å². The largest absolute Gasteiger partial charge is 0.359 e. The molecule has 27 heavy (non-hydrogen) atoms. The fraction of sp³-hybridized carbons (Fsp3) is 0.350. The molecule has 0 unspecified atom stereocenters. The molecule has 2 heterocycles. The molecule has 0 bridgehead atoms. The molecule has 0 amide bonds. The van der Waals surface area contributed by atoms with Crippen LogP contribution in [0.3, 0.4) is 0 Å². The molecule has 0 atom stereocenters. The molecular weight excluding hydrogens is 453 g/mol. The minimum Gasteiger partial charge on any atom is -0.359 e. The summed E-state index contributed by atoms with van der Waals surface area (Å²) in [5.74, 6) is 1.89. The summed E-state index contributed by atoms with van der Waals surface area (Å²) in [6.07, 6.45) is 1.81. The number of rotatable bonds is 6. The molecule has 0 aliphatic heterocycles. The number of para-hydroxylation sites is 1. The number of fused-ring (bicyclic) bond motifs is 1. The van der Waals surface area contributed by atoms with Crippen LogP contribution in [0.1, 0.15) is 43.7 Å². The zero-order valence-corrected chi connectivity index (χ0v) is 18.2. The standard InChI is InChI=1S/C20H25N5O.HI/c1-4-21-20(24-13-17-11-18(14(2)3)25-26-17)23-12-16-8-5-7-15-9-6-10-22-19(15)16;/h5-11,14H,4,12-13H2,1-3H3,(H2,21,23,24);1H. The monoisotopic (exact) mass is 479 g/mol. The molecule has 144 valence electrons. The van der Waals surface area contributed by atoms with Crippen LogP contribution in [-0.2, 0) is 13.1 Å². The van der Waals surface area contributed by atoms with Gasteiger partial charge in [-0.25, -0.2) is 4.99 Å². The minimum absolute atomic E-state index is 0. The number of aromatic nitrogens is 2. The Labute approximate surface area is 176 Å². The van der Waals surface area contributed by atoms with E-state index in [-0.39, 0.29) is 24.0 Å². The van der Waals surface area contributed by atoms with Gasteiger partial charge in [-0.15, -0.1) is 24.0 Å². The lowest BCUT2D eigenvalue weighted by Crippen LogP contribution is -2.36. The normalized spacial score (nSPS) is 11.5. The van der Waals surface area contributed by atoms with Gasteiger partial charge in [-0.3, -0.25) is 4.98 Å². The maximum absolute atomic E-state index is 5.37. The van der Waals surface area contributed by atoms with Crippen molar-refractivity contribution in [3.05, 3.63) is 59.6 Å². The molecule has 3 aromatic rings. The van der Waals surface area contributed by atoms with Gasteiger partial charge in [0.1, 0.15) is 0 Å². The van der Waals surface area contributed by atoms with Crippen molar-refractivity contribution in [1.82, 2.24) is 20.8 Å². The molecule has 7 heteroatoms. The van der Waals surface area contributed by atoms with E-state index in [2.05, 4.69) is 57.8 Å². The van der Waals surface area contributed by atoms with Crippen LogP contribution in [0.15, 0.2) is 52.1 Å². The highest BCUT2D eigenvalue weighted by Crippen LogP contribution is 2.17. The van der Waals surface area contributed by atoms with E-state index in [1.807, 2.05) is 31.3 Å². The van der Waals surface area contributed by atoms with Gasteiger partial charge in [0.25, 0.3) is 0 Å². The van der Waals surface area contributed by atoms with Crippen LogP contribution in [0.4, 0.5) is 0 Å². The molecule has 0 fully saturated rings. The summed E-state index contributed by atoms with van der Waals surface area (Å²) >= 11 is 0. The molecule has 6 nitrogen and oxygen atoms in total. The number of nitrogens with one attached hydrogen (secondary N) is 2. The summed E-state index contributed by atoms with van der Waals surface area (Å²) < 4.78 is 5.37. The maximum Gasteiger partial charge on any atom is 0.191 e. The van der Waals surface area contributed by atoms with E-state index in [9.17, 15) is 0 Å². The van der Waals surface area contributed by atoms with Gasteiger partial charge in [-0.05, 0) is 24.5 Å². The lowest BCUT2D eigenvalue weighted by molar-refractivity contribution is 0.372. The van der Waals surface area contributed by atoms with Crippen LogP contribution in [0, 0.1) is 0 Å². The number of halogens is 1. The van der Waals surface area contributed by atoms with Gasteiger partial charge in [0.15, 0.2) is 11.7 Å². The molecule has 0 saturated heterocycles. The fourth-order valence-corrected chi connectivity index (χ4v) is 2.66. The molecule has 0 radical (unpaired) electrons. The third-order valence-electron chi connectivity index (χ3n) is 4.07. The van der Waals surface area contributed by atoms with Crippen LogP contribution in [0.2, 0.25) is 0 Å². The molecular formula is C20H26IN5O. The Morgan fingerprint density at radius 1 is 1.19 bits per heavy atom. The summed E-state index contributed by atoms with van der Waals surface area (Å²) in [4.78, 5) is 9.17. The third-order valence-corrected chi connectivity index (χ3v) is 4.07. The summed E-state index contributed by atoms with van der Waals surface area (Å²) in [5.41, 5.74) is 3.05. The highest BCUT2D eigenvalue weighted by Gasteiger charge is 2.08. The average molecular weight is 479 g/mol. The Balaban J connectivity index is 0.00000261. The Morgan fingerprint density at radius 3 is 2.74 bits per heavy atom. The molecule has 0 saturated carbocycles. The van der Waals surface area contributed by atoms with E-state index in [0.29, 0.717) is 19.0 Å². The van der Waals surface area contributed by atoms with Crippen molar-refractivity contribution in [1.29, 1.82) is 0 Å². The van der Waals surface area contributed by atoms with E-state index in [1.54, 1.807) is 0 Å². The van der Waals surface area contributed by atoms with Crippen LogP contribution in [0.5, 0.6) is 0 Å². The first-order valence-electron chi connectivity index (χ1n) is 8.97. The van der Waals surface area contributed by atoms with E-state index in [0.717, 1.165) is 40.4 Å². The zero-order valence-electron chi connectivity index (χ0n) is 15.9. The van der Waals surface area contributed by atoms with Gasteiger partial charge < -0.3 is 15.2 Å². The van der Waals surface area contributed by atoms with Gasteiger partial charge in [-0.2, -0.15) is 0 Å². The van der Waals surface area contributed by atoms with E-state index >= 15 is 0 Å². The van der Waals surface area contributed by atoms with Crippen molar-refractivity contribution >= 4 is 40.8 Å². The average Bonchev–Trinajstić information content (AvgIpc) is 3.13. The highest BCUT2D eigenvalue weighted by atomic mass is 127. The van der Waals surface area contributed by atoms with Crippen LogP contribution in [0.25, 0.3) is 10.9 Å². The van der Waals surface area contributed by atoms with Crippen molar-refractivity contribution < 1.29 is 4.52 Å². The zero-order chi connectivity index (χ0) is 18.4. The van der Waals surface area contributed by atoms with Gasteiger partial charge in [0.2, 0.25) is 0 Å². The van der Waals surface area contributed by atoms with Crippen molar-refractivity contribution in [3.8, 4) is 0 Å². The summed E-state index contributed by atoms with van der Waals surface area (Å²) in [6.45, 7) is 8.11. The highest BCUT2D eigenvalue weighted by molar-refractivity contribution is 14.0. The van der Waals surface area contributed by atoms with Crippen LogP contribution in [-0.4, -0.2) is 22.6 Å². The predicted octanol–water partition coefficient (Wildman–Crippen LogP) is 4.22. The molecule has 2 aromatic heterocycles. The molecule has 2 N–H and O–H groups in total. The fourth-order valence-electron chi connectivity index (χ4n) is 2.66. The van der Waals surface area contributed by atoms with E-state index in [4.69, 9.17) is 4.52 Å². The van der Waals surface area contributed by atoms with Gasteiger partial charge in [-0.1, -0.05) is 43.3 Å². The summed E-state index contributed by atoms with van der Waals surface area (Å²) in [6, 6.07) is 12.2. The second-order valence-corrected chi connectivity index (χ2v) is 6.41. The number of hydrogen-bond acceptors (Lipinski definition) is 4. The van der Waals surface area contributed by atoms with E-state index < -0.39 is 0 Å². The second-order valence-electron chi connectivity index (χ2n) is 6.41. The van der Waals surface area contributed by atoms with Crippen molar-refractivity contribution in [2.24, 2.45) is 4.99 Å². The smallest absolute Gasteiger partial charge is 0.191 e. The van der Waals surface area contributed by atoms with Gasteiger partial charge in [0, 0.05) is 24.2 Å². The summed E-state index contributed by atoms with van der Waals surface area (Å²) in [7, 11) is 0. The molecule has 0 spiro atoms. The molecule has 3 rings (SSSR count). The van der Waals surface area contributed by atoms with Gasteiger partial charge >= 0.3 is 0 Å². The number of guanidine groups is 1. The maximum atomic E-state index is 5.37. The predicted molar refractivity (Wildman–Crippen MR) is 119 cm³/mol. The summed E-state index contributed by atoms with van der Waals surface area (Å²) in [5, 5.41) is 11.8. The van der Waals surface area contributed by atoms with Gasteiger partial charge in [0.05, 0.1) is 24.3 Å². The lowest BCUT2D eigenvalue weighted by atomic mass is 10.1. The molecule has 0 aliphatic carbocycles. The van der Waals surface area contributed by atoms with Crippen molar-refractivity contribution in [2.75, 3.05) is 6.54 Å². The van der Waals surface area contributed by atoms with Crippen molar-refractivity contribution in [2.45, 2.75) is 39.8 Å². The number of hydrogen-bond donors (Lipinski definition) is 2. The number of pyridine rings is 1. The first kappa shape index (κ1) is 21.1. The van der Waals surface area contributed by atoms with Crippen LogP contribution < -0.4 is 10.6 Å². The molecule has 1 aromatic carbocycles. The Morgan fingerprint density at radius 2 is 2.00 bits per heavy atom. The third kappa shape index (κ3) is 5.66. The second kappa shape index (κ2) is 10.2. The number of nitrogens with zero attached hydrogens (tertiary/aromatic N) is 3. The SMILES string of the molecule is CCNC(=NCc1cccc2cccnc12)NCc1cc(C(C)C)no1.I. The topological polar surface area (TPSA) is 75.3 Å². The molecule has 0 aliphatic rings. The van der Waals surface area contributed by atoms with Crippen LogP contribution >= 0.6 is 24.0 Å². The Hall–Kier alpha value is -2.16. The first-order chi connectivity index (χ1) is 12.7. The minimum atomic E-state index is 0. The Kier molecular flexibility index (Phi) is 8.02. The Bertz CT molecular complexity index is 885. The number of aliphatic imine (C=N–C) groups is 1.